The third-order valence-electron chi connectivity index (χ3n) is 4.51. The van der Waals surface area contributed by atoms with E-state index in [4.69, 9.17) is 0 Å². The van der Waals surface area contributed by atoms with Crippen molar-refractivity contribution in [2.45, 2.75) is 46.1 Å². The van der Waals surface area contributed by atoms with Gasteiger partial charge in [-0.3, -0.25) is 14.4 Å². The number of benzene rings is 1. The number of amides is 2. The van der Waals surface area contributed by atoms with Crippen molar-refractivity contribution in [2.24, 2.45) is 5.92 Å². The molecule has 0 aliphatic heterocycles. The van der Waals surface area contributed by atoms with E-state index in [1.165, 1.54) is 11.3 Å². The summed E-state index contributed by atoms with van der Waals surface area (Å²) >= 11 is 1.21. The van der Waals surface area contributed by atoms with E-state index in [-0.39, 0.29) is 23.5 Å². The molecule has 0 spiro atoms. The number of thiazole rings is 1. The fourth-order valence-corrected chi connectivity index (χ4v) is 4.03. The van der Waals surface area contributed by atoms with E-state index >= 15 is 0 Å². The minimum absolute atomic E-state index is 0.0856. The first-order valence-corrected chi connectivity index (χ1v) is 9.88. The first-order valence-electron chi connectivity index (χ1n) is 9.06. The molecular weight excluding hydrogens is 362 g/mol. The number of ketones is 1. The van der Waals surface area contributed by atoms with E-state index in [9.17, 15) is 14.4 Å². The molecule has 1 atom stereocenters. The van der Waals surface area contributed by atoms with Crippen molar-refractivity contribution in [3.8, 4) is 0 Å². The quantitative estimate of drug-likeness (QED) is 0.826. The molecule has 1 aliphatic carbocycles. The number of aromatic nitrogens is 1. The number of carbonyl (C=O) groups excluding carboxylic acids is 3. The van der Waals surface area contributed by atoms with Gasteiger partial charge in [0, 0.05) is 12.0 Å². The highest BCUT2D eigenvalue weighted by molar-refractivity contribution is 7.17. The Hall–Kier alpha value is -2.54. The molecule has 0 radical (unpaired) electrons. The lowest BCUT2D eigenvalue weighted by atomic mass is 10.0. The standard InChI is InChI=1S/C20H23N3O3S/c1-11(2)16(22-18(25)13-7-4-6-12(3)10-13)19(26)23-20-21-14-8-5-9-15(24)17(14)27-20/h4,6-7,10-11,16H,5,8-9H2,1-3H3,(H,22,25)(H,21,23,26). The normalized spacial score (nSPS) is 14.6. The molecule has 1 heterocycles. The van der Waals surface area contributed by atoms with E-state index in [0.29, 0.717) is 22.0 Å². The van der Waals surface area contributed by atoms with Gasteiger partial charge in [0.05, 0.1) is 10.6 Å². The number of nitrogens with one attached hydrogen (secondary N) is 2. The Morgan fingerprint density at radius 2 is 2.00 bits per heavy atom. The molecule has 27 heavy (non-hydrogen) atoms. The average Bonchev–Trinajstić information content (AvgIpc) is 3.03. The Labute approximate surface area is 162 Å². The number of anilines is 1. The number of aryl methyl sites for hydroxylation is 2. The number of hydrogen-bond acceptors (Lipinski definition) is 5. The van der Waals surface area contributed by atoms with Crippen molar-refractivity contribution in [3.05, 3.63) is 46.0 Å². The summed E-state index contributed by atoms with van der Waals surface area (Å²) in [7, 11) is 0. The Morgan fingerprint density at radius 1 is 1.22 bits per heavy atom. The maximum atomic E-state index is 12.7. The zero-order valence-electron chi connectivity index (χ0n) is 15.7. The molecule has 3 rings (SSSR count). The third kappa shape index (κ3) is 4.42. The summed E-state index contributed by atoms with van der Waals surface area (Å²) < 4.78 is 0. The van der Waals surface area contributed by atoms with Crippen LogP contribution in [0.4, 0.5) is 5.13 Å². The van der Waals surface area contributed by atoms with Gasteiger partial charge in [-0.2, -0.15) is 0 Å². The molecule has 1 aromatic heterocycles. The van der Waals surface area contributed by atoms with Crippen LogP contribution in [0.1, 0.15) is 58.0 Å². The molecule has 0 saturated carbocycles. The summed E-state index contributed by atoms with van der Waals surface area (Å²) in [6.07, 6.45) is 2.08. The van der Waals surface area contributed by atoms with E-state index in [2.05, 4.69) is 15.6 Å². The van der Waals surface area contributed by atoms with Crippen molar-refractivity contribution in [2.75, 3.05) is 5.32 Å². The molecule has 2 aromatic rings. The van der Waals surface area contributed by atoms with Gasteiger partial charge in [0.25, 0.3) is 5.91 Å². The molecule has 1 aromatic carbocycles. The largest absolute Gasteiger partial charge is 0.340 e. The molecule has 2 N–H and O–H groups in total. The maximum Gasteiger partial charge on any atom is 0.251 e. The Kier molecular flexibility index (Phi) is 5.70. The summed E-state index contributed by atoms with van der Waals surface area (Å²) in [6, 6.07) is 6.53. The summed E-state index contributed by atoms with van der Waals surface area (Å²) in [5, 5.41) is 5.99. The lowest BCUT2D eigenvalue weighted by molar-refractivity contribution is -0.118. The Balaban J connectivity index is 1.72. The Bertz CT molecular complexity index is 888. The molecule has 6 nitrogen and oxygen atoms in total. The van der Waals surface area contributed by atoms with Crippen LogP contribution >= 0.6 is 11.3 Å². The summed E-state index contributed by atoms with van der Waals surface area (Å²) in [4.78, 5) is 42.2. The number of fused-ring (bicyclic) bond motifs is 1. The van der Waals surface area contributed by atoms with Gasteiger partial charge in [0.15, 0.2) is 10.9 Å². The SMILES string of the molecule is Cc1cccc(C(=O)NC(C(=O)Nc2nc3c(s2)C(=O)CCC3)C(C)C)c1. The summed E-state index contributed by atoms with van der Waals surface area (Å²) in [5.74, 6) is -0.636. The van der Waals surface area contributed by atoms with Crippen LogP contribution in [0.15, 0.2) is 24.3 Å². The van der Waals surface area contributed by atoms with Crippen LogP contribution in [-0.2, 0) is 11.2 Å². The number of Topliss-reactive ketones (excluding diaryl/α,β-unsaturated/α-hetero) is 1. The Morgan fingerprint density at radius 3 is 2.67 bits per heavy atom. The summed E-state index contributed by atoms with van der Waals surface area (Å²) in [6.45, 7) is 5.66. The number of carbonyl (C=O) groups is 3. The van der Waals surface area contributed by atoms with Crippen LogP contribution in [0.3, 0.4) is 0 Å². The van der Waals surface area contributed by atoms with E-state index in [0.717, 1.165) is 24.1 Å². The highest BCUT2D eigenvalue weighted by atomic mass is 32.1. The third-order valence-corrected chi connectivity index (χ3v) is 5.57. The van der Waals surface area contributed by atoms with Gasteiger partial charge in [-0.25, -0.2) is 4.98 Å². The molecule has 0 bridgehead atoms. The van der Waals surface area contributed by atoms with Gasteiger partial charge in [-0.05, 0) is 37.8 Å². The van der Waals surface area contributed by atoms with Gasteiger partial charge in [0.1, 0.15) is 6.04 Å². The fraction of sp³-hybridized carbons (Fsp3) is 0.400. The van der Waals surface area contributed by atoms with Crippen molar-refractivity contribution in [1.29, 1.82) is 0 Å². The van der Waals surface area contributed by atoms with E-state index < -0.39 is 6.04 Å². The first-order chi connectivity index (χ1) is 12.8. The van der Waals surface area contributed by atoms with Gasteiger partial charge in [-0.1, -0.05) is 42.9 Å². The lowest BCUT2D eigenvalue weighted by Crippen LogP contribution is -2.47. The highest BCUT2D eigenvalue weighted by Gasteiger charge is 2.27. The lowest BCUT2D eigenvalue weighted by Gasteiger charge is -2.21. The average molecular weight is 385 g/mol. The molecule has 7 heteroatoms. The van der Waals surface area contributed by atoms with E-state index in [1.807, 2.05) is 32.9 Å². The van der Waals surface area contributed by atoms with E-state index in [1.54, 1.807) is 12.1 Å². The van der Waals surface area contributed by atoms with Crippen molar-refractivity contribution < 1.29 is 14.4 Å². The van der Waals surface area contributed by atoms with Crippen molar-refractivity contribution >= 4 is 34.1 Å². The highest BCUT2D eigenvalue weighted by Crippen LogP contribution is 2.29. The maximum absolute atomic E-state index is 12.7. The van der Waals surface area contributed by atoms with Crippen LogP contribution in [-0.4, -0.2) is 28.6 Å². The fourth-order valence-electron chi connectivity index (χ4n) is 3.05. The minimum atomic E-state index is -0.699. The predicted molar refractivity (Wildman–Crippen MR) is 105 cm³/mol. The molecule has 0 saturated heterocycles. The van der Waals surface area contributed by atoms with Gasteiger partial charge in [0.2, 0.25) is 5.91 Å². The van der Waals surface area contributed by atoms with Crippen LogP contribution in [0, 0.1) is 12.8 Å². The van der Waals surface area contributed by atoms with Crippen LogP contribution in [0.5, 0.6) is 0 Å². The van der Waals surface area contributed by atoms with Crippen LogP contribution < -0.4 is 10.6 Å². The van der Waals surface area contributed by atoms with Gasteiger partial charge < -0.3 is 10.6 Å². The summed E-state index contributed by atoms with van der Waals surface area (Å²) in [5.41, 5.74) is 2.26. The van der Waals surface area contributed by atoms with Crippen LogP contribution in [0.2, 0.25) is 0 Å². The molecule has 0 fully saturated rings. The minimum Gasteiger partial charge on any atom is -0.340 e. The van der Waals surface area contributed by atoms with Crippen LogP contribution in [0.25, 0.3) is 0 Å². The monoisotopic (exact) mass is 385 g/mol. The zero-order chi connectivity index (χ0) is 19.6. The molecular formula is C20H23N3O3S. The second kappa shape index (κ2) is 8.00. The first kappa shape index (κ1) is 19.2. The second-order valence-electron chi connectivity index (χ2n) is 7.13. The smallest absolute Gasteiger partial charge is 0.251 e. The number of nitrogens with zero attached hydrogens (tertiary/aromatic N) is 1. The zero-order valence-corrected chi connectivity index (χ0v) is 16.5. The predicted octanol–water partition coefficient (Wildman–Crippen LogP) is 3.36. The topological polar surface area (TPSA) is 88.2 Å². The second-order valence-corrected chi connectivity index (χ2v) is 8.12. The molecule has 1 unspecified atom stereocenters. The molecule has 2 amide bonds. The number of rotatable bonds is 5. The van der Waals surface area contributed by atoms with Gasteiger partial charge >= 0.3 is 0 Å². The molecule has 1 aliphatic rings. The van der Waals surface area contributed by atoms with Gasteiger partial charge in [-0.15, -0.1) is 0 Å². The van der Waals surface area contributed by atoms with Crippen molar-refractivity contribution in [1.82, 2.24) is 10.3 Å². The van der Waals surface area contributed by atoms with Crippen molar-refractivity contribution in [3.63, 3.8) is 0 Å². The number of hydrogen-bond donors (Lipinski definition) is 2. The molecule has 142 valence electrons.